The molecule has 3 aromatic carbocycles. The van der Waals surface area contributed by atoms with Crippen molar-refractivity contribution in [1.29, 1.82) is 0 Å². The molecule has 0 saturated carbocycles. The van der Waals surface area contributed by atoms with Gasteiger partial charge in [-0.1, -0.05) is 64.0 Å². The quantitative estimate of drug-likeness (QED) is 0.412. The van der Waals surface area contributed by atoms with E-state index >= 15 is 0 Å². The van der Waals surface area contributed by atoms with Gasteiger partial charge < -0.3 is 5.32 Å². The van der Waals surface area contributed by atoms with E-state index in [-0.39, 0.29) is 11.7 Å². The highest BCUT2D eigenvalue weighted by atomic mass is 79.9. The van der Waals surface area contributed by atoms with Gasteiger partial charge in [0, 0.05) is 21.3 Å². The molecule has 0 heterocycles. The summed E-state index contributed by atoms with van der Waals surface area (Å²) in [6.45, 7) is 1.94. The first-order valence-corrected chi connectivity index (χ1v) is 9.27. The number of aryl methyl sites for hydroxylation is 1. The maximum Gasteiger partial charge on any atom is 0.255 e. The standard InChI is InChI=1S/C23H18BrNO2/c1-16-4-2-6-19(14-16)23(27)25-21-7-3-5-18(15-21)22(26)13-10-17-8-11-20(24)12-9-17/h2-15H,1H3,(H,25,27). The summed E-state index contributed by atoms with van der Waals surface area (Å²) in [4.78, 5) is 24.8. The van der Waals surface area contributed by atoms with Crippen LogP contribution in [0.2, 0.25) is 0 Å². The van der Waals surface area contributed by atoms with Crippen LogP contribution in [0.4, 0.5) is 5.69 Å². The molecule has 0 aliphatic heterocycles. The number of carbonyl (C=O) groups is 2. The van der Waals surface area contributed by atoms with Crippen LogP contribution in [0.1, 0.15) is 31.8 Å². The number of allylic oxidation sites excluding steroid dienone is 1. The summed E-state index contributed by atoms with van der Waals surface area (Å²) in [5.74, 6) is -0.321. The van der Waals surface area contributed by atoms with Crippen molar-refractivity contribution in [2.24, 2.45) is 0 Å². The molecule has 0 atom stereocenters. The van der Waals surface area contributed by atoms with E-state index in [1.54, 1.807) is 36.4 Å². The number of nitrogens with one attached hydrogen (secondary N) is 1. The van der Waals surface area contributed by atoms with Crippen molar-refractivity contribution in [2.45, 2.75) is 6.92 Å². The van der Waals surface area contributed by atoms with Crippen LogP contribution in [-0.2, 0) is 0 Å². The van der Waals surface area contributed by atoms with Gasteiger partial charge in [0.25, 0.3) is 5.91 Å². The second kappa shape index (κ2) is 8.60. The van der Waals surface area contributed by atoms with Crippen LogP contribution in [0, 0.1) is 6.92 Å². The molecular weight excluding hydrogens is 402 g/mol. The van der Waals surface area contributed by atoms with E-state index in [9.17, 15) is 9.59 Å². The minimum atomic E-state index is -0.200. The molecule has 1 amide bonds. The predicted octanol–water partition coefficient (Wildman–Crippen LogP) is 5.91. The van der Waals surface area contributed by atoms with Gasteiger partial charge in [0.2, 0.25) is 0 Å². The van der Waals surface area contributed by atoms with Crippen molar-refractivity contribution in [1.82, 2.24) is 0 Å². The van der Waals surface area contributed by atoms with E-state index < -0.39 is 0 Å². The Morgan fingerprint density at radius 1 is 0.889 bits per heavy atom. The number of halogens is 1. The lowest BCUT2D eigenvalue weighted by Gasteiger charge is -2.07. The molecule has 27 heavy (non-hydrogen) atoms. The van der Waals surface area contributed by atoms with Crippen LogP contribution in [0.25, 0.3) is 6.08 Å². The molecular formula is C23H18BrNO2. The lowest BCUT2D eigenvalue weighted by molar-refractivity contribution is 0.102. The zero-order valence-corrected chi connectivity index (χ0v) is 16.4. The lowest BCUT2D eigenvalue weighted by Crippen LogP contribution is -2.12. The molecule has 0 aromatic heterocycles. The maximum atomic E-state index is 12.4. The van der Waals surface area contributed by atoms with Gasteiger partial charge in [0.1, 0.15) is 0 Å². The second-order valence-corrected chi connectivity index (χ2v) is 7.07. The van der Waals surface area contributed by atoms with Gasteiger partial charge in [-0.25, -0.2) is 0 Å². The van der Waals surface area contributed by atoms with Gasteiger partial charge in [0.15, 0.2) is 5.78 Å². The second-order valence-electron chi connectivity index (χ2n) is 6.15. The van der Waals surface area contributed by atoms with Gasteiger partial charge in [-0.3, -0.25) is 9.59 Å². The summed E-state index contributed by atoms with van der Waals surface area (Å²) in [6, 6.07) is 22.0. The largest absolute Gasteiger partial charge is 0.322 e. The average molecular weight is 420 g/mol. The fourth-order valence-electron chi connectivity index (χ4n) is 2.58. The normalized spacial score (nSPS) is 10.7. The molecule has 0 aliphatic rings. The van der Waals surface area contributed by atoms with E-state index in [2.05, 4.69) is 21.2 Å². The number of ketones is 1. The minimum Gasteiger partial charge on any atom is -0.322 e. The SMILES string of the molecule is Cc1cccc(C(=O)Nc2cccc(C(=O)C=Cc3ccc(Br)cc3)c2)c1. The van der Waals surface area contributed by atoms with Crippen LogP contribution >= 0.6 is 15.9 Å². The molecule has 0 radical (unpaired) electrons. The molecule has 0 saturated heterocycles. The number of carbonyl (C=O) groups excluding carboxylic acids is 2. The van der Waals surface area contributed by atoms with Gasteiger partial charge in [0.05, 0.1) is 0 Å². The average Bonchev–Trinajstić information content (AvgIpc) is 2.67. The molecule has 0 spiro atoms. The van der Waals surface area contributed by atoms with E-state index in [4.69, 9.17) is 0 Å². The first-order chi connectivity index (χ1) is 13.0. The molecule has 0 aliphatic carbocycles. The fraction of sp³-hybridized carbons (Fsp3) is 0.0435. The van der Waals surface area contributed by atoms with E-state index in [1.807, 2.05) is 49.4 Å². The Hall–Kier alpha value is -2.98. The predicted molar refractivity (Wildman–Crippen MR) is 113 cm³/mol. The number of anilines is 1. The van der Waals surface area contributed by atoms with E-state index in [0.29, 0.717) is 16.8 Å². The Kier molecular flexibility index (Phi) is 5.99. The zero-order chi connectivity index (χ0) is 19.2. The minimum absolute atomic E-state index is 0.121. The van der Waals surface area contributed by atoms with E-state index in [0.717, 1.165) is 15.6 Å². The van der Waals surface area contributed by atoms with Crippen molar-refractivity contribution in [3.05, 3.63) is 106 Å². The number of hydrogen-bond acceptors (Lipinski definition) is 2. The first kappa shape index (κ1) is 18.8. The Labute approximate surface area is 166 Å². The summed E-state index contributed by atoms with van der Waals surface area (Å²) in [5, 5.41) is 2.84. The topological polar surface area (TPSA) is 46.2 Å². The van der Waals surface area contributed by atoms with Gasteiger partial charge in [-0.2, -0.15) is 0 Å². The van der Waals surface area contributed by atoms with Gasteiger partial charge in [-0.05, 0) is 55.0 Å². The van der Waals surface area contributed by atoms with Crippen molar-refractivity contribution >= 4 is 39.4 Å². The molecule has 1 N–H and O–H groups in total. The summed E-state index contributed by atoms with van der Waals surface area (Å²) in [5.41, 5.74) is 3.65. The highest BCUT2D eigenvalue weighted by Gasteiger charge is 2.08. The zero-order valence-electron chi connectivity index (χ0n) is 14.8. The van der Waals surface area contributed by atoms with Crippen molar-refractivity contribution < 1.29 is 9.59 Å². The highest BCUT2D eigenvalue weighted by Crippen LogP contribution is 2.15. The first-order valence-electron chi connectivity index (χ1n) is 8.47. The summed E-state index contributed by atoms with van der Waals surface area (Å²) in [7, 11) is 0. The Bertz CT molecular complexity index is 1010. The molecule has 0 bridgehead atoms. The molecule has 0 unspecified atom stereocenters. The van der Waals surface area contributed by atoms with Crippen molar-refractivity contribution in [3.63, 3.8) is 0 Å². The van der Waals surface area contributed by atoms with Crippen molar-refractivity contribution in [2.75, 3.05) is 5.32 Å². The summed E-state index contributed by atoms with van der Waals surface area (Å²) >= 11 is 3.38. The monoisotopic (exact) mass is 419 g/mol. The van der Waals surface area contributed by atoms with Crippen LogP contribution in [0.5, 0.6) is 0 Å². The molecule has 3 nitrogen and oxygen atoms in total. The Morgan fingerprint density at radius 2 is 1.59 bits per heavy atom. The number of benzene rings is 3. The third-order valence-electron chi connectivity index (χ3n) is 3.98. The highest BCUT2D eigenvalue weighted by molar-refractivity contribution is 9.10. The molecule has 0 fully saturated rings. The molecule has 3 rings (SSSR count). The fourth-order valence-corrected chi connectivity index (χ4v) is 2.85. The van der Waals surface area contributed by atoms with Gasteiger partial charge in [-0.15, -0.1) is 0 Å². The number of amides is 1. The van der Waals surface area contributed by atoms with Crippen LogP contribution in [-0.4, -0.2) is 11.7 Å². The molecule has 3 aromatic rings. The van der Waals surface area contributed by atoms with Crippen molar-refractivity contribution in [3.8, 4) is 0 Å². The maximum absolute atomic E-state index is 12.4. The molecule has 4 heteroatoms. The molecule has 134 valence electrons. The van der Waals surface area contributed by atoms with Crippen LogP contribution in [0.15, 0.2) is 83.3 Å². The third kappa shape index (κ3) is 5.25. The third-order valence-corrected chi connectivity index (χ3v) is 4.51. The van der Waals surface area contributed by atoms with Crippen LogP contribution < -0.4 is 5.32 Å². The number of hydrogen-bond donors (Lipinski definition) is 1. The smallest absolute Gasteiger partial charge is 0.255 e. The Balaban J connectivity index is 1.72. The summed E-state index contributed by atoms with van der Waals surface area (Å²) in [6.07, 6.45) is 3.30. The summed E-state index contributed by atoms with van der Waals surface area (Å²) < 4.78 is 0.989. The van der Waals surface area contributed by atoms with E-state index in [1.165, 1.54) is 6.08 Å². The number of rotatable bonds is 5. The Morgan fingerprint density at radius 3 is 2.33 bits per heavy atom. The van der Waals surface area contributed by atoms with Crippen LogP contribution in [0.3, 0.4) is 0 Å². The van der Waals surface area contributed by atoms with Gasteiger partial charge >= 0.3 is 0 Å². The lowest BCUT2D eigenvalue weighted by atomic mass is 10.1.